The zero-order chi connectivity index (χ0) is 14.0. The Balaban J connectivity index is 2.33. The standard InChI is InChI=1S/C15H21NO3/c1-4-16-9-11(8-10(2)15(17)18)14-12(16)6-5-7-13(14)19-3/h5-7,10-11H,4,8-9H2,1-3H3,(H,17,18). The zero-order valence-electron chi connectivity index (χ0n) is 11.7. The number of ether oxygens (including phenoxy) is 1. The Morgan fingerprint density at radius 2 is 2.32 bits per heavy atom. The van der Waals surface area contributed by atoms with E-state index in [9.17, 15) is 4.79 Å². The third-order valence-corrected chi connectivity index (χ3v) is 3.89. The fraction of sp³-hybridized carbons (Fsp3) is 0.533. The first-order valence-corrected chi connectivity index (χ1v) is 6.73. The number of nitrogens with zero attached hydrogens (tertiary/aromatic N) is 1. The molecule has 0 saturated heterocycles. The van der Waals surface area contributed by atoms with E-state index in [1.54, 1.807) is 14.0 Å². The quantitative estimate of drug-likeness (QED) is 0.887. The SMILES string of the molecule is CCN1CC(CC(C)C(=O)O)c2c(OC)cccc21. The number of carboxylic acid groups (broad SMARTS) is 1. The molecule has 1 aromatic rings. The lowest BCUT2D eigenvalue weighted by atomic mass is 9.90. The number of benzene rings is 1. The van der Waals surface area contributed by atoms with Crippen molar-refractivity contribution in [2.45, 2.75) is 26.2 Å². The molecule has 0 amide bonds. The van der Waals surface area contributed by atoms with Gasteiger partial charge >= 0.3 is 5.97 Å². The van der Waals surface area contributed by atoms with Gasteiger partial charge in [-0.05, 0) is 25.5 Å². The molecule has 0 spiro atoms. The number of methoxy groups -OCH3 is 1. The van der Waals surface area contributed by atoms with Crippen LogP contribution in [0, 0.1) is 5.92 Å². The minimum atomic E-state index is -0.730. The minimum Gasteiger partial charge on any atom is -0.496 e. The highest BCUT2D eigenvalue weighted by molar-refractivity contribution is 5.70. The third-order valence-electron chi connectivity index (χ3n) is 3.89. The molecule has 2 unspecified atom stereocenters. The van der Waals surface area contributed by atoms with Crippen LogP contribution >= 0.6 is 0 Å². The first kappa shape index (κ1) is 13.7. The van der Waals surface area contributed by atoms with Crippen molar-refractivity contribution in [1.82, 2.24) is 0 Å². The number of aliphatic carboxylic acids is 1. The molecule has 0 saturated carbocycles. The molecule has 1 aliphatic rings. The molecule has 0 radical (unpaired) electrons. The molecule has 1 N–H and O–H groups in total. The lowest BCUT2D eigenvalue weighted by molar-refractivity contribution is -0.141. The van der Waals surface area contributed by atoms with Gasteiger partial charge in [-0.25, -0.2) is 0 Å². The Hall–Kier alpha value is -1.71. The molecule has 1 heterocycles. The molecule has 104 valence electrons. The zero-order valence-corrected chi connectivity index (χ0v) is 11.7. The summed E-state index contributed by atoms with van der Waals surface area (Å²) in [5.41, 5.74) is 2.35. The Morgan fingerprint density at radius 3 is 2.89 bits per heavy atom. The van der Waals surface area contributed by atoms with Crippen molar-refractivity contribution in [3.8, 4) is 5.75 Å². The average molecular weight is 263 g/mol. The Morgan fingerprint density at radius 1 is 1.58 bits per heavy atom. The number of anilines is 1. The number of hydrogen-bond acceptors (Lipinski definition) is 3. The summed E-state index contributed by atoms with van der Waals surface area (Å²) in [5.74, 6) is 0.0409. The second-order valence-corrected chi connectivity index (χ2v) is 5.10. The van der Waals surface area contributed by atoms with E-state index < -0.39 is 5.97 Å². The molecule has 1 aliphatic heterocycles. The number of carbonyl (C=O) groups is 1. The van der Waals surface area contributed by atoms with E-state index in [0.717, 1.165) is 18.8 Å². The Kier molecular flexibility index (Phi) is 3.98. The van der Waals surface area contributed by atoms with Gasteiger partial charge in [0.2, 0.25) is 0 Å². The normalized spacial score (nSPS) is 19.1. The van der Waals surface area contributed by atoms with E-state index >= 15 is 0 Å². The number of fused-ring (bicyclic) bond motifs is 1. The maximum atomic E-state index is 11.1. The molecule has 4 heteroatoms. The van der Waals surface area contributed by atoms with Gasteiger partial charge in [0.25, 0.3) is 0 Å². The van der Waals surface area contributed by atoms with E-state index in [4.69, 9.17) is 9.84 Å². The van der Waals surface area contributed by atoms with Gasteiger partial charge in [-0.1, -0.05) is 13.0 Å². The highest BCUT2D eigenvalue weighted by Gasteiger charge is 2.32. The highest BCUT2D eigenvalue weighted by atomic mass is 16.5. The van der Waals surface area contributed by atoms with Crippen LogP contribution in [0.4, 0.5) is 5.69 Å². The van der Waals surface area contributed by atoms with E-state index in [1.165, 1.54) is 11.3 Å². The molecule has 0 aromatic heterocycles. The molecule has 0 bridgehead atoms. The van der Waals surface area contributed by atoms with Gasteiger partial charge in [0.1, 0.15) is 5.75 Å². The topological polar surface area (TPSA) is 49.8 Å². The van der Waals surface area contributed by atoms with Crippen molar-refractivity contribution >= 4 is 11.7 Å². The predicted molar refractivity (Wildman–Crippen MR) is 75.0 cm³/mol. The van der Waals surface area contributed by atoms with Crippen LogP contribution in [0.2, 0.25) is 0 Å². The van der Waals surface area contributed by atoms with Crippen LogP contribution in [-0.4, -0.2) is 31.3 Å². The van der Waals surface area contributed by atoms with Gasteiger partial charge < -0.3 is 14.7 Å². The maximum absolute atomic E-state index is 11.1. The lowest BCUT2D eigenvalue weighted by Gasteiger charge is -2.17. The summed E-state index contributed by atoms with van der Waals surface area (Å²) < 4.78 is 5.45. The summed E-state index contributed by atoms with van der Waals surface area (Å²) in [7, 11) is 1.67. The van der Waals surface area contributed by atoms with Gasteiger partial charge in [0.05, 0.1) is 13.0 Å². The fourth-order valence-electron chi connectivity index (χ4n) is 2.87. The average Bonchev–Trinajstić information content (AvgIpc) is 2.76. The first-order valence-electron chi connectivity index (χ1n) is 6.73. The van der Waals surface area contributed by atoms with E-state index in [2.05, 4.69) is 17.9 Å². The van der Waals surface area contributed by atoms with Crippen molar-refractivity contribution in [3.05, 3.63) is 23.8 Å². The predicted octanol–water partition coefficient (Wildman–Crippen LogP) is 2.73. The molecule has 0 aliphatic carbocycles. The van der Waals surface area contributed by atoms with Crippen LogP contribution in [0.1, 0.15) is 31.7 Å². The van der Waals surface area contributed by atoms with Crippen LogP contribution in [0.5, 0.6) is 5.75 Å². The monoisotopic (exact) mass is 263 g/mol. The molecular weight excluding hydrogens is 242 g/mol. The summed E-state index contributed by atoms with van der Waals surface area (Å²) in [4.78, 5) is 13.3. The fourth-order valence-corrected chi connectivity index (χ4v) is 2.87. The smallest absolute Gasteiger partial charge is 0.306 e. The summed E-state index contributed by atoms with van der Waals surface area (Å²) in [5, 5.41) is 9.10. The Labute approximate surface area is 114 Å². The summed E-state index contributed by atoms with van der Waals surface area (Å²) in [6.45, 7) is 5.69. The van der Waals surface area contributed by atoms with Gasteiger partial charge in [0, 0.05) is 30.3 Å². The number of hydrogen-bond donors (Lipinski definition) is 1. The van der Waals surface area contributed by atoms with E-state index in [-0.39, 0.29) is 11.8 Å². The largest absolute Gasteiger partial charge is 0.496 e. The van der Waals surface area contributed by atoms with Gasteiger partial charge in [0.15, 0.2) is 0 Å². The third kappa shape index (κ3) is 2.53. The second-order valence-electron chi connectivity index (χ2n) is 5.10. The van der Waals surface area contributed by atoms with Crippen molar-refractivity contribution in [1.29, 1.82) is 0 Å². The second kappa shape index (κ2) is 5.51. The first-order chi connectivity index (χ1) is 9.08. The number of rotatable bonds is 5. The number of carboxylic acids is 1. The van der Waals surface area contributed by atoms with E-state index in [0.29, 0.717) is 6.42 Å². The van der Waals surface area contributed by atoms with Gasteiger partial charge in [-0.3, -0.25) is 4.79 Å². The molecule has 2 atom stereocenters. The minimum absolute atomic E-state index is 0.234. The van der Waals surface area contributed by atoms with Crippen LogP contribution < -0.4 is 9.64 Å². The molecule has 0 fully saturated rings. The van der Waals surface area contributed by atoms with Crippen molar-refractivity contribution < 1.29 is 14.6 Å². The van der Waals surface area contributed by atoms with Crippen LogP contribution in [0.15, 0.2) is 18.2 Å². The molecule has 2 rings (SSSR count). The molecule has 19 heavy (non-hydrogen) atoms. The summed E-state index contributed by atoms with van der Waals surface area (Å²) >= 11 is 0. The van der Waals surface area contributed by atoms with Gasteiger partial charge in [-0.15, -0.1) is 0 Å². The van der Waals surface area contributed by atoms with Crippen molar-refractivity contribution in [3.63, 3.8) is 0 Å². The molecule has 4 nitrogen and oxygen atoms in total. The Bertz CT molecular complexity index is 472. The number of likely N-dealkylation sites (N-methyl/N-ethyl adjacent to an activating group) is 1. The molecule has 1 aromatic carbocycles. The van der Waals surface area contributed by atoms with Crippen molar-refractivity contribution in [2.24, 2.45) is 5.92 Å². The van der Waals surface area contributed by atoms with Crippen LogP contribution in [0.25, 0.3) is 0 Å². The van der Waals surface area contributed by atoms with Crippen molar-refractivity contribution in [2.75, 3.05) is 25.1 Å². The van der Waals surface area contributed by atoms with Crippen LogP contribution in [0.3, 0.4) is 0 Å². The maximum Gasteiger partial charge on any atom is 0.306 e. The van der Waals surface area contributed by atoms with Gasteiger partial charge in [-0.2, -0.15) is 0 Å². The lowest BCUT2D eigenvalue weighted by Crippen LogP contribution is -2.22. The van der Waals surface area contributed by atoms with Crippen LogP contribution in [-0.2, 0) is 4.79 Å². The molecular formula is C15H21NO3. The summed E-state index contributed by atoms with van der Waals surface area (Å²) in [6, 6.07) is 6.03. The summed E-state index contributed by atoms with van der Waals surface area (Å²) in [6.07, 6.45) is 0.652. The van der Waals surface area contributed by atoms with E-state index in [1.807, 2.05) is 12.1 Å². The highest BCUT2D eigenvalue weighted by Crippen LogP contribution is 2.44.